The van der Waals surface area contributed by atoms with E-state index in [1.54, 1.807) is 7.05 Å². The van der Waals surface area contributed by atoms with E-state index in [1.807, 2.05) is 18.2 Å². The number of β-amino-alcohol motifs (C(OH)–C–C–N with tert-alkyl or cyclic N) is 1. The first kappa shape index (κ1) is 16.0. The molecule has 0 radical (unpaired) electrons. The van der Waals surface area contributed by atoms with Crippen molar-refractivity contribution in [2.75, 3.05) is 20.1 Å². The lowest BCUT2D eigenvalue weighted by atomic mass is 9.87. The van der Waals surface area contributed by atoms with Crippen molar-refractivity contribution in [2.24, 2.45) is 0 Å². The Hall–Kier alpha value is -1.39. The van der Waals surface area contributed by atoms with Crippen molar-refractivity contribution in [1.29, 1.82) is 0 Å². The van der Waals surface area contributed by atoms with E-state index >= 15 is 0 Å². The zero-order valence-electron chi connectivity index (χ0n) is 13.2. The molecule has 21 heavy (non-hydrogen) atoms. The summed E-state index contributed by atoms with van der Waals surface area (Å²) < 4.78 is 0. The van der Waals surface area contributed by atoms with Crippen LogP contribution in [-0.4, -0.2) is 48.2 Å². The number of hydrogen-bond acceptors (Lipinski definition) is 3. The van der Waals surface area contributed by atoms with Crippen LogP contribution in [0.4, 0.5) is 0 Å². The van der Waals surface area contributed by atoms with Crippen molar-refractivity contribution >= 4 is 5.91 Å². The zero-order valence-corrected chi connectivity index (χ0v) is 13.2. The van der Waals surface area contributed by atoms with Gasteiger partial charge in [0.05, 0.1) is 6.10 Å². The molecule has 2 N–H and O–H groups in total. The van der Waals surface area contributed by atoms with Crippen LogP contribution in [0.2, 0.25) is 0 Å². The Morgan fingerprint density at radius 1 is 1.48 bits per heavy atom. The Kier molecular flexibility index (Phi) is 5.37. The van der Waals surface area contributed by atoms with Crippen molar-refractivity contribution < 1.29 is 9.90 Å². The number of amides is 1. The summed E-state index contributed by atoms with van der Waals surface area (Å²) in [7, 11) is 1.67. The maximum Gasteiger partial charge on any atom is 0.251 e. The fourth-order valence-corrected chi connectivity index (χ4v) is 3.08. The third-order valence-electron chi connectivity index (χ3n) is 4.52. The molecule has 4 nitrogen and oxygen atoms in total. The number of carbonyl (C=O) groups excluding carboxylic acids is 1. The van der Waals surface area contributed by atoms with Gasteiger partial charge in [-0.1, -0.05) is 31.5 Å². The Balaban J connectivity index is 2.20. The van der Waals surface area contributed by atoms with Gasteiger partial charge in [0.15, 0.2) is 0 Å². The number of carbonyl (C=O) groups is 1. The summed E-state index contributed by atoms with van der Waals surface area (Å²) in [5, 5.41) is 12.4. The molecule has 3 atom stereocenters. The number of aliphatic hydroxyl groups excluding tert-OH is 1. The molecule has 1 heterocycles. The fourth-order valence-electron chi connectivity index (χ4n) is 3.08. The second-order valence-electron chi connectivity index (χ2n) is 5.91. The third-order valence-corrected chi connectivity index (χ3v) is 4.52. The highest BCUT2D eigenvalue weighted by Crippen LogP contribution is 2.29. The molecule has 0 unspecified atom stereocenters. The van der Waals surface area contributed by atoms with Gasteiger partial charge in [0, 0.05) is 31.7 Å². The van der Waals surface area contributed by atoms with E-state index in [4.69, 9.17) is 0 Å². The van der Waals surface area contributed by atoms with Crippen LogP contribution in [0, 0.1) is 0 Å². The molecule has 0 bridgehead atoms. The standard InChI is InChI=1S/C17H26N2O2/c1-4-7-13(10-19-11-16(20)12(19)2)14-8-5-6-9-15(14)17(21)18-3/h5-6,8-9,12-13,16,20H,4,7,10-11H2,1-3H3,(H,18,21)/t12-,13+,16+/m0/s1. The lowest BCUT2D eigenvalue weighted by Crippen LogP contribution is -2.59. The van der Waals surface area contributed by atoms with E-state index in [2.05, 4.69) is 30.1 Å². The second kappa shape index (κ2) is 7.05. The van der Waals surface area contributed by atoms with E-state index in [-0.39, 0.29) is 18.1 Å². The number of benzene rings is 1. The van der Waals surface area contributed by atoms with Crippen LogP contribution in [0.5, 0.6) is 0 Å². The average molecular weight is 290 g/mol. The van der Waals surface area contributed by atoms with Gasteiger partial charge < -0.3 is 10.4 Å². The lowest BCUT2D eigenvalue weighted by molar-refractivity contribution is -0.0551. The molecular formula is C17H26N2O2. The van der Waals surface area contributed by atoms with Crippen LogP contribution in [0.3, 0.4) is 0 Å². The minimum absolute atomic E-state index is 0.0246. The van der Waals surface area contributed by atoms with Crippen LogP contribution in [0.25, 0.3) is 0 Å². The van der Waals surface area contributed by atoms with Gasteiger partial charge in [-0.05, 0) is 30.9 Å². The maximum absolute atomic E-state index is 12.1. The van der Waals surface area contributed by atoms with Crippen LogP contribution in [0.1, 0.15) is 48.5 Å². The lowest BCUT2D eigenvalue weighted by Gasteiger charge is -2.45. The molecule has 1 aliphatic heterocycles. The van der Waals surface area contributed by atoms with Gasteiger partial charge in [0.25, 0.3) is 5.91 Å². The molecule has 0 aromatic heterocycles. The van der Waals surface area contributed by atoms with Crippen LogP contribution < -0.4 is 5.32 Å². The van der Waals surface area contributed by atoms with Gasteiger partial charge in [-0.3, -0.25) is 9.69 Å². The smallest absolute Gasteiger partial charge is 0.251 e. The first-order chi connectivity index (χ1) is 10.1. The minimum atomic E-state index is -0.207. The number of hydrogen-bond donors (Lipinski definition) is 2. The fraction of sp³-hybridized carbons (Fsp3) is 0.588. The Labute approximate surface area is 127 Å². The second-order valence-corrected chi connectivity index (χ2v) is 5.91. The highest BCUT2D eigenvalue weighted by atomic mass is 16.3. The first-order valence-corrected chi connectivity index (χ1v) is 7.81. The monoisotopic (exact) mass is 290 g/mol. The molecule has 0 spiro atoms. The summed E-state index contributed by atoms with van der Waals surface area (Å²) in [6.45, 7) is 5.87. The third kappa shape index (κ3) is 3.44. The molecule has 1 fully saturated rings. The average Bonchev–Trinajstić information content (AvgIpc) is 2.52. The van der Waals surface area contributed by atoms with Gasteiger partial charge in [0.1, 0.15) is 0 Å². The Morgan fingerprint density at radius 2 is 2.19 bits per heavy atom. The Morgan fingerprint density at radius 3 is 2.76 bits per heavy atom. The molecule has 1 aromatic carbocycles. The van der Waals surface area contributed by atoms with Gasteiger partial charge in [0.2, 0.25) is 0 Å². The van der Waals surface area contributed by atoms with E-state index in [0.29, 0.717) is 5.92 Å². The maximum atomic E-state index is 12.1. The molecule has 1 aromatic rings. The summed E-state index contributed by atoms with van der Waals surface area (Å²) in [6, 6.07) is 8.08. The van der Waals surface area contributed by atoms with Crippen molar-refractivity contribution in [2.45, 2.75) is 44.8 Å². The predicted octanol–water partition coefficient (Wildman–Crippen LogP) is 1.99. The van der Waals surface area contributed by atoms with Crippen molar-refractivity contribution in [1.82, 2.24) is 10.2 Å². The van der Waals surface area contributed by atoms with Crippen molar-refractivity contribution in [3.05, 3.63) is 35.4 Å². The Bertz CT molecular complexity index is 489. The number of nitrogens with zero attached hydrogens (tertiary/aromatic N) is 1. The van der Waals surface area contributed by atoms with Gasteiger partial charge in [-0.25, -0.2) is 0 Å². The number of likely N-dealkylation sites (tertiary alicyclic amines) is 1. The summed E-state index contributed by atoms with van der Waals surface area (Å²) in [4.78, 5) is 14.4. The molecule has 0 saturated carbocycles. The minimum Gasteiger partial charge on any atom is -0.390 e. The molecule has 116 valence electrons. The number of nitrogens with one attached hydrogen (secondary N) is 1. The summed E-state index contributed by atoms with van der Waals surface area (Å²) in [5.74, 6) is 0.307. The molecule has 2 rings (SSSR count). The summed E-state index contributed by atoms with van der Waals surface area (Å²) in [6.07, 6.45) is 1.92. The topological polar surface area (TPSA) is 52.6 Å². The van der Waals surface area contributed by atoms with E-state index in [9.17, 15) is 9.90 Å². The first-order valence-electron chi connectivity index (χ1n) is 7.81. The number of rotatable bonds is 6. The molecule has 1 amide bonds. The van der Waals surface area contributed by atoms with Crippen molar-refractivity contribution in [3.8, 4) is 0 Å². The van der Waals surface area contributed by atoms with Gasteiger partial charge >= 0.3 is 0 Å². The SMILES string of the molecule is CCC[C@H](CN1C[C@@H](O)[C@@H]1C)c1ccccc1C(=O)NC. The van der Waals surface area contributed by atoms with Gasteiger partial charge in [-0.2, -0.15) is 0 Å². The summed E-state index contributed by atoms with van der Waals surface area (Å²) >= 11 is 0. The van der Waals surface area contributed by atoms with Gasteiger partial charge in [-0.15, -0.1) is 0 Å². The highest BCUT2D eigenvalue weighted by molar-refractivity contribution is 5.95. The van der Waals surface area contributed by atoms with Crippen LogP contribution >= 0.6 is 0 Å². The molecule has 0 aliphatic carbocycles. The molecule has 1 saturated heterocycles. The van der Waals surface area contributed by atoms with Crippen LogP contribution in [0.15, 0.2) is 24.3 Å². The van der Waals surface area contributed by atoms with E-state index < -0.39 is 0 Å². The van der Waals surface area contributed by atoms with Crippen molar-refractivity contribution in [3.63, 3.8) is 0 Å². The normalized spacial score (nSPS) is 23.4. The predicted molar refractivity (Wildman–Crippen MR) is 84.5 cm³/mol. The molecule has 1 aliphatic rings. The highest BCUT2D eigenvalue weighted by Gasteiger charge is 2.35. The van der Waals surface area contributed by atoms with E-state index in [1.165, 1.54) is 0 Å². The van der Waals surface area contributed by atoms with Crippen LogP contribution in [-0.2, 0) is 0 Å². The summed E-state index contributed by atoms with van der Waals surface area (Å²) in [5.41, 5.74) is 1.89. The zero-order chi connectivity index (χ0) is 15.4. The van der Waals surface area contributed by atoms with E-state index in [0.717, 1.165) is 37.1 Å². The number of aliphatic hydroxyl groups is 1. The quantitative estimate of drug-likeness (QED) is 0.842. The largest absolute Gasteiger partial charge is 0.390 e. The molecular weight excluding hydrogens is 264 g/mol. The molecule has 4 heteroatoms.